The molecule has 1 aromatic rings. The molecule has 0 spiro atoms. The molecule has 1 saturated heterocycles. The van der Waals surface area contributed by atoms with Crippen molar-refractivity contribution in [3.63, 3.8) is 0 Å². The zero-order valence-corrected chi connectivity index (χ0v) is 10.2. The maximum atomic E-state index is 11.6. The van der Waals surface area contributed by atoms with E-state index >= 15 is 0 Å². The summed E-state index contributed by atoms with van der Waals surface area (Å²) in [6.07, 6.45) is 0. The average molecular weight is 250 g/mol. The van der Waals surface area contributed by atoms with E-state index in [0.717, 1.165) is 12.2 Å². The Kier molecular flexibility index (Phi) is 3.21. The van der Waals surface area contributed by atoms with E-state index in [1.807, 2.05) is 17.0 Å². The Morgan fingerprint density at radius 2 is 2.18 bits per heavy atom. The highest BCUT2D eigenvalue weighted by Gasteiger charge is 2.21. The highest BCUT2D eigenvalue weighted by Crippen LogP contribution is 2.24. The first-order valence-corrected chi connectivity index (χ1v) is 5.68. The summed E-state index contributed by atoms with van der Waals surface area (Å²) in [5.74, 6) is 0.0942. The minimum Gasteiger partial charge on any atom is -0.360 e. The molecular weight excluding hydrogens is 238 g/mol. The minimum absolute atomic E-state index is 0.0942. The molecule has 1 heterocycles. The van der Waals surface area contributed by atoms with Crippen molar-refractivity contribution in [3.8, 4) is 6.07 Å². The van der Waals surface area contributed by atoms with Crippen LogP contribution in [-0.2, 0) is 4.79 Å². The van der Waals surface area contributed by atoms with Gasteiger partial charge in [-0.3, -0.25) is 4.79 Å². The third-order valence-corrected chi connectivity index (χ3v) is 3.21. The van der Waals surface area contributed by atoms with Crippen LogP contribution in [-0.4, -0.2) is 37.5 Å². The van der Waals surface area contributed by atoms with E-state index in [1.165, 1.54) is 0 Å². The standard InChI is InChI=1S/C12H12ClN3O/c1-15-4-5-16(8-12(15)17)10-3-2-9(7-14)11(13)6-10/h2-3,6H,4-5,8H2,1H3. The van der Waals surface area contributed by atoms with Gasteiger partial charge in [0, 0.05) is 25.8 Å². The molecule has 0 radical (unpaired) electrons. The van der Waals surface area contributed by atoms with Gasteiger partial charge in [0.05, 0.1) is 17.1 Å². The molecule has 17 heavy (non-hydrogen) atoms. The molecule has 0 unspecified atom stereocenters. The number of carbonyl (C=O) groups is 1. The van der Waals surface area contributed by atoms with Crippen molar-refractivity contribution in [2.24, 2.45) is 0 Å². The molecular formula is C12H12ClN3O. The predicted molar refractivity (Wildman–Crippen MR) is 66.0 cm³/mol. The van der Waals surface area contributed by atoms with Gasteiger partial charge in [-0.2, -0.15) is 5.26 Å². The van der Waals surface area contributed by atoms with Crippen molar-refractivity contribution in [2.75, 3.05) is 31.6 Å². The Morgan fingerprint density at radius 1 is 1.41 bits per heavy atom. The van der Waals surface area contributed by atoms with Gasteiger partial charge < -0.3 is 9.80 Å². The van der Waals surface area contributed by atoms with Crippen molar-refractivity contribution in [2.45, 2.75) is 0 Å². The van der Waals surface area contributed by atoms with E-state index in [1.54, 1.807) is 24.1 Å². The lowest BCUT2D eigenvalue weighted by atomic mass is 10.2. The quantitative estimate of drug-likeness (QED) is 0.758. The van der Waals surface area contributed by atoms with Gasteiger partial charge in [-0.25, -0.2) is 0 Å². The molecule has 0 N–H and O–H groups in total. The number of rotatable bonds is 1. The first kappa shape index (κ1) is 11.7. The second-order valence-corrected chi connectivity index (χ2v) is 4.42. The van der Waals surface area contributed by atoms with Gasteiger partial charge in [-0.1, -0.05) is 11.6 Å². The van der Waals surface area contributed by atoms with Gasteiger partial charge in [0.25, 0.3) is 0 Å². The molecule has 1 aliphatic rings. The van der Waals surface area contributed by atoms with Crippen molar-refractivity contribution in [3.05, 3.63) is 28.8 Å². The van der Waals surface area contributed by atoms with Gasteiger partial charge >= 0.3 is 0 Å². The molecule has 1 fully saturated rings. The van der Waals surface area contributed by atoms with Crippen LogP contribution in [0, 0.1) is 11.3 Å². The van der Waals surface area contributed by atoms with Crippen LogP contribution in [0.2, 0.25) is 5.02 Å². The molecule has 0 aliphatic carbocycles. The number of hydrogen-bond acceptors (Lipinski definition) is 3. The number of anilines is 1. The Labute approximate surface area is 105 Å². The summed E-state index contributed by atoms with van der Waals surface area (Å²) >= 11 is 5.97. The summed E-state index contributed by atoms with van der Waals surface area (Å²) in [6, 6.07) is 7.25. The zero-order valence-electron chi connectivity index (χ0n) is 9.48. The van der Waals surface area contributed by atoms with Crippen molar-refractivity contribution in [1.82, 2.24) is 4.90 Å². The first-order chi connectivity index (χ1) is 8.11. The summed E-state index contributed by atoms with van der Waals surface area (Å²) in [7, 11) is 1.80. The smallest absolute Gasteiger partial charge is 0.241 e. The van der Waals surface area contributed by atoms with E-state index in [9.17, 15) is 4.79 Å². The van der Waals surface area contributed by atoms with Crippen LogP contribution >= 0.6 is 11.6 Å². The molecule has 0 saturated carbocycles. The molecule has 2 rings (SSSR count). The van der Waals surface area contributed by atoms with Crippen LogP contribution in [0.25, 0.3) is 0 Å². The van der Waals surface area contributed by atoms with Crippen LogP contribution in [0.15, 0.2) is 18.2 Å². The lowest BCUT2D eigenvalue weighted by Crippen LogP contribution is -2.48. The SMILES string of the molecule is CN1CCN(c2ccc(C#N)c(Cl)c2)CC1=O. The number of nitrogens with zero attached hydrogens (tertiary/aromatic N) is 3. The number of likely N-dealkylation sites (N-methyl/N-ethyl adjacent to an activating group) is 1. The number of nitriles is 1. The lowest BCUT2D eigenvalue weighted by molar-refractivity contribution is -0.129. The minimum atomic E-state index is 0.0942. The van der Waals surface area contributed by atoms with E-state index in [0.29, 0.717) is 23.7 Å². The van der Waals surface area contributed by atoms with E-state index in [-0.39, 0.29) is 5.91 Å². The number of halogens is 1. The molecule has 5 heteroatoms. The third kappa shape index (κ3) is 2.34. The molecule has 1 aromatic carbocycles. The monoisotopic (exact) mass is 249 g/mol. The highest BCUT2D eigenvalue weighted by atomic mass is 35.5. The van der Waals surface area contributed by atoms with Gasteiger partial charge in [0.1, 0.15) is 6.07 Å². The van der Waals surface area contributed by atoms with E-state index < -0.39 is 0 Å². The number of amides is 1. The summed E-state index contributed by atoms with van der Waals surface area (Å²) in [4.78, 5) is 15.3. The van der Waals surface area contributed by atoms with E-state index in [4.69, 9.17) is 16.9 Å². The largest absolute Gasteiger partial charge is 0.360 e. The van der Waals surface area contributed by atoms with Gasteiger partial charge in [-0.15, -0.1) is 0 Å². The van der Waals surface area contributed by atoms with Crippen molar-refractivity contribution < 1.29 is 4.79 Å². The number of hydrogen-bond donors (Lipinski definition) is 0. The Hall–Kier alpha value is -1.73. The van der Waals surface area contributed by atoms with Crippen molar-refractivity contribution in [1.29, 1.82) is 5.26 Å². The Morgan fingerprint density at radius 3 is 2.76 bits per heavy atom. The fourth-order valence-corrected chi connectivity index (χ4v) is 1.99. The predicted octanol–water partition coefficient (Wildman–Crippen LogP) is 1.49. The van der Waals surface area contributed by atoms with Crippen LogP contribution in [0.4, 0.5) is 5.69 Å². The van der Waals surface area contributed by atoms with Gasteiger partial charge in [0.2, 0.25) is 5.91 Å². The first-order valence-electron chi connectivity index (χ1n) is 5.30. The normalized spacial score (nSPS) is 15.9. The van der Waals surface area contributed by atoms with Crippen molar-refractivity contribution >= 4 is 23.2 Å². The average Bonchev–Trinajstić information content (AvgIpc) is 2.32. The van der Waals surface area contributed by atoms with Crippen LogP contribution in [0.5, 0.6) is 0 Å². The highest BCUT2D eigenvalue weighted by molar-refractivity contribution is 6.32. The fourth-order valence-electron chi connectivity index (χ4n) is 1.77. The number of benzene rings is 1. The molecule has 0 atom stereocenters. The second kappa shape index (κ2) is 4.64. The molecule has 1 aliphatic heterocycles. The molecule has 0 bridgehead atoms. The summed E-state index contributed by atoms with van der Waals surface area (Å²) < 4.78 is 0. The molecule has 1 amide bonds. The molecule has 88 valence electrons. The number of piperazine rings is 1. The topological polar surface area (TPSA) is 47.3 Å². The maximum absolute atomic E-state index is 11.6. The third-order valence-electron chi connectivity index (χ3n) is 2.90. The van der Waals surface area contributed by atoms with E-state index in [2.05, 4.69) is 0 Å². The summed E-state index contributed by atoms with van der Waals surface area (Å²) in [6.45, 7) is 1.85. The van der Waals surface area contributed by atoms with Gasteiger partial charge in [-0.05, 0) is 18.2 Å². The summed E-state index contributed by atoms with van der Waals surface area (Å²) in [5, 5.41) is 9.21. The second-order valence-electron chi connectivity index (χ2n) is 4.01. The molecule has 4 nitrogen and oxygen atoms in total. The molecule has 0 aromatic heterocycles. The Balaban J connectivity index is 2.21. The van der Waals surface area contributed by atoms with Gasteiger partial charge in [0.15, 0.2) is 0 Å². The zero-order chi connectivity index (χ0) is 12.4. The van der Waals surface area contributed by atoms with Crippen LogP contribution < -0.4 is 4.90 Å². The van der Waals surface area contributed by atoms with Crippen LogP contribution in [0.3, 0.4) is 0 Å². The van der Waals surface area contributed by atoms with Crippen LogP contribution in [0.1, 0.15) is 5.56 Å². The fraction of sp³-hybridized carbons (Fsp3) is 0.333. The summed E-state index contributed by atoms with van der Waals surface area (Å²) in [5.41, 5.74) is 1.34. The number of carbonyl (C=O) groups excluding carboxylic acids is 1. The Bertz CT molecular complexity index is 495. The lowest BCUT2D eigenvalue weighted by Gasteiger charge is -2.33. The maximum Gasteiger partial charge on any atom is 0.241 e.